The third-order valence-electron chi connectivity index (χ3n) is 5.00. The monoisotopic (exact) mass is 348 g/mol. The van der Waals surface area contributed by atoms with Gasteiger partial charge in [0.1, 0.15) is 0 Å². The Bertz CT molecular complexity index is 556. The minimum absolute atomic E-state index is 0.0803. The highest BCUT2D eigenvalue weighted by molar-refractivity contribution is 5.79. The van der Waals surface area contributed by atoms with E-state index in [1.807, 2.05) is 11.0 Å². The predicted octanol–water partition coefficient (Wildman–Crippen LogP) is 1.58. The van der Waals surface area contributed by atoms with Crippen molar-refractivity contribution >= 4 is 11.9 Å². The van der Waals surface area contributed by atoms with Gasteiger partial charge in [-0.2, -0.15) is 0 Å². The van der Waals surface area contributed by atoms with Crippen molar-refractivity contribution in [1.82, 2.24) is 4.90 Å². The molecular formula is C19H28N2O4. The van der Waals surface area contributed by atoms with Gasteiger partial charge in [0.2, 0.25) is 5.91 Å². The molecule has 1 aliphatic heterocycles. The van der Waals surface area contributed by atoms with E-state index in [1.54, 1.807) is 0 Å². The summed E-state index contributed by atoms with van der Waals surface area (Å²) in [5, 5.41) is 17.1. The first kappa shape index (κ1) is 19.4. The summed E-state index contributed by atoms with van der Waals surface area (Å²) in [4.78, 5) is 23.5. The van der Waals surface area contributed by atoms with Crippen LogP contribution in [-0.2, 0) is 9.59 Å². The normalized spacial score (nSPS) is 26.7. The van der Waals surface area contributed by atoms with Crippen molar-refractivity contribution in [3.8, 4) is 0 Å². The fourth-order valence-corrected chi connectivity index (χ4v) is 3.67. The molecule has 6 heteroatoms. The lowest BCUT2D eigenvalue weighted by molar-refractivity contribution is -0.137. The molecule has 1 saturated heterocycles. The molecule has 138 valence electrons. The zero-order valence-corrected chi connectivity index (χ0v) is 14.7. The van der Waals surface area contributed by atoms with Crippen molar-refractivity contribution in [2.45, 2.75) is 50.7 Å². The van der Waals surface area contributed by atoms with E-state index in [2.05, 4.69) is 24.3 Å². The minimum Gasteiger partial charge on any atom is -0.481 e. The summed E-state index contributed by atoms with van der Waals surface area (Å²) in [5.41, 5.74) is 7.19. The highest BCUT2D eigenvalue weighted by Gasteiger charge is 2.37. The van der Waals surface area contributed by atoms with Gasteiger partial charge in [-0.25, -0.2) is 0 Å². The zero-order valence-electron chi connectivity index (χ0n) is 14.7. The number of hydrogen-bond donors (Lipinski definition) is 3. The molecule has 0 spiro atoms. The van der Waals surface area contributed by atoms with Crippen LogP contribution in [0, 0.1) is 5.92 Å². The van der Waals surface area contributed by atoms with Gasteiger partial charge in [0.15, 0.2) is 0 Å². The highest BCUT2D eigenvalue weighted by atomic mass is 16.4. The van der Waals surface area contributed by atoms with Gasteiger partial charge in [0, 0.05) is 32.0 Å². The van der Waals surface area contributed by atoms with E-state index in [0.717, 1.165) is 32.9 Å². The number of carboxylic acids is 1. The lowest BCUT2D eigenvalue weighted by Crippen LogP contribution is -2.41. The van der Waals surface area contributed by atoms with Crippen LogP contribution in [0.5, 0.6) is 0 Å². The van der Waals surface area contributed by atoms with E-state index < -0.39 is 12.1 Å². The van der Waals surface area contributed by atoms with E-state index in [4.69, 9.17) is 15.6 Å². The fraction of sp³-hybridized carbons (Fsp3) is 0.579. The Kier molecular flexibility index (Phi) is 6.96. The molecule has 6 nitrogen and oxygen atoms in total. The summed E-state index contributed by atoms with van der Waals surface area (Å²) >= 11 is 0. The predicted molar refractivity (Wildman–Crippen MR) is 95.0 cm³/mol. The van der Waals surface area contributed by atoms with Crippen molar-refractivity contribution in [2.75, 3.05) is 13.1 Å². The van der Waals surface area contributed by atoms with Gasteiger partial charge in [0.05, 0.1) is 6.10 Å². The molecule has 0 bridgehead atoms. The third-order valence-corrected chi connectivity index (χ3v) is 5.00. The first-order valence-electron chi connectivity index (χ1n) is 8.85. The zero-order chi connectivity index (χ0) is 18.4. The Hall–Kier alpha value is -1.92. The number of aliphatic hydroxyl groups is 1. The summed E-state index contributed by atoms with van der Waals surface area (Å²) in [6, 6.07) is 10.3. The number of nitrogens with two attached hydrogens (primary N) is 1. The second-order valence-electron chi connectivity index (χ2n) is 6.93. The SMILES string of the molecule is CC(=O)O.N[C@@H]1C[C@H](C(=O)N2CCC(c3ccccc3)CC2)C[C@H]1O. The molecule has 0 unspecified atom stereocenters. The Balaban J connectivity index is 0.000000511. The molecule has 25 heavy (non-hydrogen) atoms. The molecule has 1 aromatic rings. The lowest BCUT2D eigenvalue weighted by atomic mass is 9.89. The molecule has 1 aromatic carbocycles. The van der Waals surface area contributed by atoms with Crippen LogP contribution in [0.3, 0.4) is 0 Å². The number of carboxylic acid groups (broad SMARTS) is 1. The molecular weight excluding hydrogens is 320 g/mol. The van der Waals surface area contributed by atoms with Crippen molar-refractivity contribution < 1.29 is 19.8 Å². The average molecular weight is 348 g/mol. The minimum atomic E-state index is -0.833. The van der Waals surface area contributed by atoms with Crippen LogP contribution in [0.2, 0.25) is 0 Å². The number of piperidine rings is 1. The van der Waals surface area contributed by atoms with Gasteiger partial charge in [0.25, 0.3) is 5.97 Å². The number of rotatable bonds is 2. The van der Waals surface area contributed by atoms with Crippen LogP contribution >= 0.6 is 0 Å². The van der Waals surface area contributed by atoms with E-state index >= 15 is 0 Å². The Labute approximate surface area is 148 Å². The summed E-state index contributed by atoms with van der Waals surface area (Å²) in [6.07, 6.45) is 2.69. The molecule has 0 radical (unpaired) electrons. The largest absolute Gasteiger partial charge is 0.481 e. The van der Waals surface area contributed by atoms with Crippen LogP contribution in [0.1, 0.15) is 44.1 Å². The molecule has 3 rings (SSSR count). The van der Waals surface area contributed by atoms with Crippen molar-refractivity contribution in [3.05, 3.63) is 35.9 Å². The smallest absolute Gasteiger partial charge is 0.300 e. The van der Waals surface area contributed by atoms with Crippen LogP contribution in [0.15, 0.2) is 30.3 Å². The van der Waals surface area contributed by atoms with Gasteiger partial charge in [-0.3, -0.25) is 9.59 Å². The van der Waals surface area contributed by atoms with Crippen LogP contribution < -0.4 is 5.73 Å². The maximum absolute atomic E-state index is 12.5. The molecule has 1 aliphatic carbocycles. The number of benzene rings is 1. The second-order valence-corrected chi connectivity index (χ2v) is 6.93. The lowest BCUT2D eigenvalue weighted by Gasteiger charge is -2.33. The number of hydrogen-bond acceptors (Lipinski definition) is 4. The van der Waals surface area contributed by atoms with E-state index in [1.165, 1.54) is 5.56 Å². The van der Waals surface area contributed by atoms with Crippen LogP contribution in [0.25, 0.3) is 0 Å². The fourth-order valence-electron chi connectivity index (χ4n) is 3.67. The summed E-state index contributed by atoms with van der Waals surface area (Å²) in [6.45, 7) is 2.72. The number of carbonyl (C=O) groups is 2. The first-order chi connectivity index (χ1) is 11.9. The van der Waals surface area contributed by atoms with E-state index in [0.29, 0.717) is 18.8 Å². The number of carbonyl (C=O) groups excluding carboxylic acids is 1. The number of nitrogens with zero attached hydrogens (tertiary/aromatic N) is 1. The number of likely N-dealkylation sites (tertiary alicyclic amines) is 1. The van der Waals surface area contributed by atoms with Gasteiger partial charge in [-0.05, 0) is 37.2 Å². The molecule has 3 atom stereocenters. The molecule has 2 fully saturated rings. The van der Waals surface area contributed by atoms with Gasteiger partial charge >= 0.3 is 0 Å². The molecule has 1 saturated carbocycles. The Morgan fingerprint density at radius 3 is 2.16 bits per heavy atom. The molecule has 0 aromatic heterocycles. The molecule has 1 heterocycles. The molecule has 2 aliphatic rings. The Morgan fingerprint density at radius 1 is 1.12 bits per heavy atom. The van der Waals surface area contributed by atoms with Crippen molar-refractivity contribution in [3.63, 3.8) is 0 Å². The van der Waals surface area contributed by atoms with Crippen LogP contribution in [-0.4, -0.2) is 52.2 Å². The first-order valence-corrected chi connectivity index (χ1v) is 8.85. The van der Waals surface area contributed by atoms with Crippen LogP contribution in [0.4, 0.5) is 0 Å². The quantitative estimate of drug-likeness (QED) is 0.753. The second kappa shape index (κ2) is 8.97. The maximum atomic E-state index is 12.5. The number of aliphatic carboxylic acids is 1. The molecule has 1 amide bonds. The van der Waals surface area contributed by atoms with Crippen molar-refractivity contribution in [2.24, 2.45) is 11.7 Å². The average Bonchev–Trinajstić information content (AvgIpc) is 2.94. The topological polar surface area (TPSA) is 104 Å². The number of amides is 1. The number of aliphatic hydroxyl groups excluding tert-OH is 1. The summed E-state index contributed by atoms with van der Waals surface area (Å²) in [7, 11) is 0. The third kappa shape index (κ3) is 5.54. The maximum Gasteiger partial charge on any atom is 0.300 e. The highest BCUT2D eigenvalue weighted by Crippen LogP contribution is 2.31. The van der Waals surface area contributed by atoms with Gasteiger partial charge in [-0.1, -0.05) is 30.3 Å². The Morgan fingerprint density at radius 2 is 1.68 bits per heavy atom. The summed E-state index contributed by atoms with van der Waals surface area (Å²) in [5.74, 6) is -0.163. The summed E-state index contributed by atoms with van der Waals surface area (Å²) < 4.78 is 0. The molecule has 4 N–H and O–H groups in total. The van der Waals surface area contributed by atoms with E-state index in [-0.39, 0.29) is 17.9 Å². The van der Waals surface area contributed by atoms with Crippen molar-refractivity contribution in [1.29, 1.82) is 0 Å². The van der Waals surface area contributed by atoms with Gasteiger partial charge in [-0.15, -0.1) is 0 Å². The van der Waals surface area contributed by atoms with Gasteiger partial charge < -0.3 is 20.8 Å². The van der Waals surface area contributed by atoms with E-state index in [9.17, 15) is 9.90 Å². The standard InChI is InChI=1S/C17H24N2O2.C2H4O2/c18-15-10-14(11-16(15)20)17(21)19-8-6-13(7-9-19)12-4-2-1-3-5-12;1-2(3)4/h1-5,13-16,20H,6-11,18H2;1H3,(H,3,4)/t14-,15+,16+;/m0./s1.